The molecule has 2 aromatic rings. The van der Waals surface area contributed by atoms with E-state index in [0.717, 1.165) is 11.3 Å². The lowest BCUT2D eigenvalue weighted by atomic mass is 10.1. The van der Waals surface area contributed by atoms with Gasteiger partial charge >= 0.3 is 5.97 Å². The second-order valence-corrected chi connectivity index (χ2v) is 4.55. The van der Waals surface area contributed by atoms with Gasteiger partial charge in [0, 0.05) is 13.0 Å². The first-order chi connectivity index (χ1) is 10.2. The molecule has 1 atom stereocenters. The van der Waals surface area contributed by atoms with E-state index < -0.39 is 12.1 Å². The zero-order valence-corrected chi connectivity index (χ0v) is 11.9. The van der Waals surface area contributed by atoms with Crippen molar-refractivity contribution in [1.82, 2.24) is 0 Å². The highest BCUT2D eigenvalue weighted by Gasteiger charge is 2.17. The van der Waals surface area contributed by atoms with Crippen LogP contribution in [-0.4, -0.2) is 23.8 Å². The number of para-hydroxylation sites is 1. The summed E-state index contributed by atoms with van der Waals surface area (Å²) in [4.78, 5) is 11.1. The minimum absolute atomic E-state index is 0.342. The maximum Gasteiger partial charge on any atom is 0.333 e. The van der Waals surface area contributed by atoms with E-state index >= 15 is 0 Å². The summed E-state index contributed by atoms with van der Waals surface area (Å²) < 4.78 is 10.9. The van der Waals surface area contributed by atoms with Crippen molar-refractivity contribution in [2.45, 2.75) is 19.4 Å². The van der Waals surface area contributed by atoms with E-state index in [4.69, 9.17) is 14.6 Å². The van der Waals surface area contributed by atoms with Gasteiger partial charge in [-0.2, -0.15) is 0 Å². The van der Waals surface area contributed by atoms with Gasteiger partial charge in [0.25, 0.3) is 0 Å². The number of hydrogen-bond donors (Lipinski definition) is 1. The van der Waals surface area contributed by atoms with Gasteiger partial charge in [-0.25, -0.2) is 4.79 Å². The molecule has 110 valence electrons. The van der Waals surface area contributed by atoms with E-state index in [2.05, 4.69) is 0 Å². The van der Waals surface area contributed by atoms with Gasteiger partial charge in [-0.15, -0.1) is 0 Å². The van der Waals surface area contributed by atoms with Crippen molar-refractivity contribution in [2.24, 2.45) is 0 Å². The number of carboxylic acids is 1. The largest absolute Gasteiger partial charge is 0.479 e. The molecule has 4 heteroatoms. The monoisotopic (exact) mass is 286 g/mol. The number of carboxylic acid groups (broad SMARTS) is 1. The van der Waals surface area contributed by atoms with Crippen LogP contribution in [0.4, 0.5) is 0 Å². The summed E-state index contributed by atoms with van der Waals surface area (Å²) in [6, 6.07) is 16.9. The number of hydrogen-bond acceptors (Lipinski definition) is 3. The summed E-state index contributed by atoms with van der Waals surface area (Å²) in [6.45, 7) is 2.17. The highest BCUT2D eigenvalue weighted by atomic mass is 16.5. The number of ether oxygens (including phenoxy) is 2. The van der Waals surface area contributed by atoms with Crippen molar-refractivity contribution < 1.29 is 19.4 Å². The summed E-state index contributed by atoms with van der Waals surface area (Å²) in [6.07, 6.45) is -0.467. The third kappa shape index (κ3) is 4.61. The average Bonchev–Trinajstić information content (AvgIpc) is 2.49. The lowest BCUT2D eigenvalue weighted by Gasteiger charge is -2.12. The first kappa shape index (κ1) is 15.1. The molecule has 0 saturated heterocycles. The second-order valence-electron chi connectivity index (χ2n) is 4.55. The fourth-order valence-electron chi connectivity index (χ4n) is 1.95. The molecule has 2 rings (SSSR count). The topological polar surface area (TPSA) is 55.8 Å². The maximum atomic E-state index is 11.1. The van der Waals surface area contributed by atoms with Crippen molar-refractivity contribution >= 4 is 5.97 Å². The van der Waals surface area contributed by atoms with Crippen molar-refractivity contribution in [2.75, 3.05) is 6.61 Å². The summed E-state index contributed by atoms with van der Waals surface area (Å²) in [5.74, 6) is 0.540. The van der Waals surface area contributed by atoms with Crippen molar-refractivity contribution in [3.05, 3.63) is 60.2 Å². The zero-order valence-electron chi connectivity index (χ0n) is 11.9. The minimum atomic E-state index is -0.943. The average molecular weight is 286 g/mol. The third-order valence-electron chi connectivity index (χ3n) is 2.97. The van der Waals surface area contributed by atoms with E-state index in [0.29, 0.717) is 18.8 Å². The molecule has 0 spiro atoms. The quantitative estimate of drug-likeness (QED) is 0.846. The molecule has 1 N–H and O–H groups in total. The molecule has 2 aromatic carbocycles. The molecule has 0 amide bonds. The molecular weight excluding hydrogens is 268 g/mol. The molecule has 0 heterocycles. The van der Waals surface area contributed by atoms with Gasteiger partial charge in [0.2, 0.25) is 0 Å². The van der Waals surface area contributed by atoms with Crippen molar-refractivity contribution in [3.8, 4) is 11.5 Å². The fourth-order valence-corrected chi connectivity index (χ4v) is 1.95. The van der Waals surface area contributed by atoms with Gasteiger partial charge in [0.15, 0.2) is 6.10 Å². The molecule has 4 nitrogen and oxygen atoms in total. The smallest absolute Gasteiger partial charge is 0.333 e. The SMILES string of the molecule is CCOC(Cc1ccc(Oc2ccccc2)cc1)C(=O)O. The summed E-state index contributed by atoms with van der Waals surface area (Å²) >= 11 is 0. The van der Waals surface area contributed by atoms with Crippen molar-refractivity contribution in [3.63, 3.8) is 0 Å². The number of carbonyl (C=O) groups is 1. The molecule has 0 fully saturated rings. The number of benzene rings is 2. The summed E-state index contributed by atoms with van der Waals surface area (Å²) in [5.41, 5.74) is 0.899. The molecule has 0 aliphatic carbocycles. The predicted octanol–water partition coefficient (Wildman–Crippen LogP) is 3.51. The Morgan fingerprint density at radius 2 is 1.67 bits per heavy atom. The molecule has 0 aromatic heterocycles. The summed E-state index contributed by atoms with van der Waals surface area (Å²) in [5, 5.41) is 9.07. The highest BCUT2D eigenvalue weighted by molar-refractivity contribution is 5.72. The number of aliphatic carboxylic acids is 1. The van der Waals surface area contributed by atoms with Crippen LogP contribution in [-0.2, 0) is 16.0 Å². The lowest BCUT2D eigenvalue weighted by molar-refractivity contribution is -0.149. The third-order valence-corrected chi connectivity index (χ3v) is 2.97. The lowest BCUT2D eigenvalue weighted by Crippen LogP contribution is -2.26. The van der Waals surface area contributed by atoms with Crippen LogP contribution in [0.3, 0.4) is 0 Å². The van der Waals surface area contributed by atoms with Gasteiger partial charge in [0.1, 0.15) is 11.5 Å². The predicted molar refractivity (Wildman–Crippen MR) is 79.7 cm³/mol. The second kappa shape index (κ2) is 7.45. The van der Waals surface area contributed by atoms with Crippen LogP contribution in [0.25, 0.3) is 0 Å². The van der Waals surface area contributed by atoms with Crippen LogP contribution in [0.15, 0.2) is 54.6 Å². The Morgan fingerprint density at radius 3 is 2.24 bits per heavy atom. The molecule has 0 aliphatic rings. The van der Waals surface area contributed by atoms with Gasteiger partial charge < -0.3 is 14.6 Å². The van der Waals surface area contributed by atoms with Crippen molar-refractivity contribution in [1.29, 1.82) is 0 Å². The van der Waals surface area contributed by atoms with Crippen LogP contribution in [0, 0.1) is 0 Å². The molecule has 21 heavy (non-hydrogen) atoms. The van der Waals surface area contributed by atoms with Gasteiger partial charge in [-0.1, -0.05) is 30.3 Å². The van der Waals surface area contributed by atoms with Gasteiger partial charge in [-0.3, -0.25) is 0 Å². The van der Waals surface area contributed by atoms with Crippen LogP contribution in [0.5, 0.6) is 11.5 Å². The number of rotatable bonds is 7. The standard InChI is InChI=1S/C17H18O4/c1-2-20-16(17(18)19)12-13-8-10-15(11-9-13)21-14-6-4-3-5-7-14/h3-11,16H,2,12H2,1H3,(H,18,19). The summed E-state index contributed by atoms with van der Waals surface area (Å²) in [7, 11) is 0. The molecule has 0 aliphatic heterocycles. The van der Waals surface area contributed by atoms with E-state index in [1.807, 2.05) is 54.6 Å². The molecule has 0 saturated carbocycles. The minimum Gasteiger partial charge on any atom is -0.479 e. The van der Waals surface area contributed by atoms with E-state index in [1.165, 1.54) is 0 Å². The van der Waals surface area contributed by atoms with Crippen LogP contribution >= 0.6 is 0 Å². The van der Waals surface area contributed by atoms with E-state index in [9.17, 15) is 4.79 Å². The van der Waals surface area contributed by atoms with Gasteiger partial charge in [0.05, 0.1) is 0 Å². The Balaban J connectivity index is 2.00. The first-order valence-corrected chi connectivity index (χ1v) is 6.85. The van der Waals surface area contributed by atoms with Crippen LogP contribution in [0.2, 0.25) is 0 Å². The fraction of sp³-hybridized carbons (Fsp3) is 0.235. The molecule has 0 bridgehead atoms. The van der Waals surface area contributed by atoms with E-state index in [-0.39, 0.29) is 0 Å². The Labute approximate surface area is 123 Å². The Hall–Kier alpha value is -2.33. The van der Waals surface area contributed by atoms with Crippen LogP contribution < -0.4 is 4.74 Å². The Kier molecular flexibility index (Phi) is 5.35. The normalized spacial score (nSPS) is 11.9. The maximum absolute atomic E-state index is 11.1. The Morgan fingerprint density at radius 1 is 1.05 bits per heavy atom. The highest BCUT2D eigenvalue weighted by Crippen LogP contribution is 2.21. The van der Waals surface area contributed by atoms with Gasteiger partial charge in [-0.05, 0) is 36.8 Å². The molecule has 1 unspecified atom stereocenters. The molecular formula is C17H18O4. The molecule has 0 radical (unpaired) electrons. The zero-order chi connectivity index (χ0) is 15.1. The van der Waals surface area contributed by atoms with Crippen LogP contribution in [0.1, 0.15) is 12.5 Å². The van der Waals surface area contributed by atoms with E-state index in [1.54, 1.807) is 6.92 Å². The first-order valence-electron chi connectivity index (χ1n) is 6.85. The Bertz CT molecular complexity index is 563.